The summed E-state index contributed by atoms with van der Waals surface area (Å²) in [5.74, 6) is 0.888. The van der Waals surface area contributed by atoms with Crippen LogP contribution in [0.3, 0.4) is 0 Å². The molecular formula is C52H38N4O. The van der Waals surface area contributed by atoms with Crippen LogP contribution in [0.15, 0.2) is 174 Å². The van der Waals surface area contributed by atoms with Crippen molar-refractivity contribution in [1.29, 1.82) is 0 Å². The van der Waals surface area contributed by atoms with Gasteiger partial charge < -0.3 is 9.40 Å². The van der Waals surface area contributed by atoms with Crippen LogP contribution in [-0.4, -0.2) is 19.5 Å². The number of furan rings is 1. The monoisotopic (exact) mass is 734 g/mol. The highest BCUT2D eigenvalue weighted by Gasteiger charge is 2.25. The lowest BCUT2D eigenvalue weighted by molar-refractivity contribution is 0.591. The minimum absolute atomic E-state index is 0.0823. The molecule has 7 aromatic carbocycles. The first-order valence-corrected chi connectivity index (χ1v) is 19.5. The molecule has 5 heteroatoms. The molecule has 272 valence electrons. The van der Waals surface area contributed by atoms with Crippen molar-refractivity contribution in [2.75, 3.05) is 0 Å². The Labute approximate surface area is 329 Å². The highest BCUT2D eigenvalue weighted by Crippen LogP contribution is 2.43. The van der Waals surface area contributed by atoms with Gasteiger partial charge in [-0.2, -0.15) is 0 Å². The number of benzene rings is 7. The van der Waals surface area contributed by atoms with E-state index in [1.165, 1.54) is 16.3 Å². The summed E-state index contributed by atoms with van der Waals surface area (Å²) in [5, 5.41) is 4.55. The molecule has 1 N–H and O–H groups in total. The van der Waals surface area contributed by atoms with Crippen molar-refractivity contribution in [1.82, 2.24) is 19.5 Å². The van der Waals surface area contributed by atoms with E-state index in [4.69, 9.17) is 14.4 Å². The maximum atomic E-state index is 6.53. The second kappa shape index (κ2) is 12.7. The molecule has 11 aromatic rings. The predicted molar refractivity (Wildman–Crippen MR) is 236 cm³/mol. The average molecular weight is 735 g/mol. The molecule has 0 saturated heterocycles. The highest BCUT2D eigenvalue weighted by molar-refractivity contribution is 6.13. The first-order valence-electron chi connectivity index (χ1n) is 19.5. The number of hydrogen-bond donors (Lipinski definition) is 1. The van der Waals surface area contributed by atoms with E-state index in [1.807, 2.05) is 24.4 Å². The molecule has 11 rings (SSSR count). The lowest BCUT2D eigenvalue weighted by atomic mass is 9.85. The minimum atomic E-state index is -0.0823. The molecule has 4 heterocycles. The smallest absolute Gasteiger partial charge is 0.161 e. The lowest BCUT2D eigenvalue weighted by Crippen LogP contribution is -2.11. The van der Waals surface area contributed by atoms with Gasteiger partial charge in [0.2, 0.25) is 0 Å². The van der Waals surface area contributed by atoms with Gasteiger partial charge in [0.05, 0.1) is 16.6 Å². The molecule has 5 nitrogen and oxygen atoms in total. The van der Waals surface area contributed by atoms with E-state index in [-0.39, 0.29) is 5.41 Å². The van der Waals surface area contributed by atoms with E-state index >= 15 is 0 Å². The number of para-hydroxylation sites is 4. The average Bonchev–Trinajstić information content (AvgIpc) is 3.95. The predicted octanol–water partition coefficient (Wildman–Crippen LogP) is 13.9. The summed E-state index contributed by atoms with van der Waals surface area (Å²) < 4.78 is 8.85. The van der Waals surface area contributed by atoms with Gasteiger partial charge in [-0.15, -0.1) is 0 Å². The van der Waals surface area contributed by atoms with Crippen LogP contribution >= 0.6 is 0 Å². The summed E-state index contributed by atoms with van der Waals surface area (Å²) in [7, 11) is 0. The number of H-pyrrole nitrogens is 1. The molecule has 0 bridgehead atoms. The molecule has 0 saturated carbocycles. The number of rotatable bonds is 5. The fraction of sp³-hybridized carbons (Fsp3) is 0.0769. The minimum Gasteiger partial charge on any atom is -0.454 e. The first kappa shape index (κ1) is 33.1. The third-order valence-electron chi connectivity index (χ3n) is 11.3. The largest absolute Gasteiger partial charge is 0.454 e. The van der Waals surface area contributed by atoms with Gasteiger partial charge in [-0.1, -0.05) is 118 Å². The van der Waals surface area contributed by atoms with Gasteiger partial charge in [0, 0.05) is 55.6 Å². The Morgan fingerprint density at radius 2 is 1.28 bits per heavy atom. The van der Waals surface area contributed by atoms with Gasteiger partial charge in [0.25, 0.3) is 0 Å². The number of imidazole rings is 1. The number of hydrogen-bond acceptors (Lipinski definition) is 3. The Morgan fingerprint density at radius 1 is 0.561 bits per heavy atom. The molecular weight excluding hydrogens is 697 g/mol. The van der Waals surface area contributed by atoms with Crippen molar-refractivity contribution in [2.45, 2.75) is 26.2 Å². The van der Waals surface area contributed by atoms with E-state index in [1.54, 1.807) is 0 Å². The summed E-state index contributed by atoms with van der Waals surface area (Å²) in [5.41, 5.74) is 15.2. The Morgan fingerprint density at radius 3 is 2.11 bits per heavy atom. The molecule has 0 fully saturated rings. The summed E-state index contributed by atoms with van der Waals surface area (Å²) in [6.45, 7) is 6.84. The second-order valence-electron chi connectivity index (χ2n) is 15.9. The van der Waals surface area contributed by atoms with Crippen LogP contribution in [0.1, 0.15) is 26.3 Å². The first-order chi connectivity index (χ1) is 27.9. The van der Waals surface area contributed by atoms with Gasteiger partial charge in [-0.3, -0.25) is 9.55 Å². The molecule has 0 radical (unpaired) electrons. The van der Waals surface area contributed by atoms with E-state index in [2.05, 4.69) is 176 Å². The van der Waals surface area contributed by atoms with Crippen LogP contribution in [0.4, 0.5) is 0 Å². The van der Waals surface area contributed by atoms with Gasteiger partial charge in [-0.25, -0.2) is 4.98 Å². The van der Waals surface area contributed by atoms with E-state index in [0.29, 0.717) is 0 Å². The van der Waals surface area contributed by atoms with Crippen LogP contribution in [0.25, 0.3) is 105 Å². The Kier molecular flexibility index (Phi) is 7.35. The standard InChI is InChI=1S/C52H38N4O/c1-52(2,3)36-30-42-39-19-10-12-22-44(39)54-48(42)43(31-36)51-55-49-38(21-14-23-45(49)56(51)37-17-8-5-9-18-37)34-27-33(32-15-6-4-7-16-32)28-35(29-34)47-50-41(25-26-53-47)40-20-11-13-24-46(40)57-50/h4-31,54H,1-3H3. The molecule has 0 spiro atoms. The third kappa shape index (κ3) is 5.38. The van der Waals surface area contributed by atoms with E-state index < -0.39 is 0 Å². The fourth-order valence-electron chi connectivity index (χ4n) is 8.49. The summed E-state index contributed by atoms with van der Waals surface area (Å²) in [6.07, 6.45) is 1.89. The molecule has 4 aromatic heterocycles. The Hall–Kier alpha value is -7.24. The number of pyridine rings is 1. The van der Waals surface area contributed by atoms with Gasteiger partial charge >= 0.3 is 0 Å². The van der Waals surface area contributed by atoms with Gasteiger partial charge in [0.15, 0.2) is 5.58 Å². The van der Waals surface area contributed by atoms with Crippen LogP contribution in [0.2, 0.25) is 0 Å². The normalized spacial score (nSPS) is 12.1. The Bertz CT molecular complexity index is 3330. The quantitative estimate of drug-likeness (QED) is 0.191. The molecule has 0 unspecified atom stereocenters. The maximum Gasteiger partial charge on any atom is 0.161 e. The SMILES string of the molecule is CC(C)(C)c1cc(-c2nc3c(-c4cc(-c5ccccc5)cc(-c5nccc6c5oc5ccccc56)c4)cccc3n2-c2ccccc2)c2[nH]c3ccccc3c2c1. The number of aromatic nitrogens is 4. The van der Waals surface area contributed by atoms with Crippen molar-refractivity contribution in [3.05, 3.63) is 176 Å². The maximum absolute atomic E-state index is 6.53. The third-order valence-corrected chi connectivity index (χ3v) is 11.3. The highest BCUT2D eigenvalue weighted by atomic mass is 16.3. The number of fused-ring (bicyclic) bond motifs is 7. The molecule has 0 atom stereocenters. The molecule has 0 aliphatic carbocycles. The number of aromatic amines is 1. The fourth-order valence-corrected chi connectivity index (χ4v) is 8.49. The zero-order valence-corrected chi connectivity index (χ0v) is 31.9. The van der Waals surface area contributed by atoms with Crippen molar-refractivity contribution in [3.8, 4) is 50.6 Å². The van der Waals surface area contributed by atoms with Crippen molar-refractivity contribution < 1.29 is 4.42 Å². The second-order valence-corrected chi connectivity index (χ2v) is 15.9. The van der Waals surface area contributed by atoms with Crippen molar-refractivity contribution in [3.63, 3.8) is 0 Å². The summed E-state index contributed by atoms with van der Waals surface area (Å²) in [6, 6.07) is 58.0. The number of nitrogens with zero attached hydrogens (tertiary/aromatic N) is 3. The zero-order valence-electron chi connectivity index (χ0n) is 31.9. The van der Waals surface area contributed by atoms with Crippen molar-refractivity contribution >= 4 is 54.8 Å². The van der Waals surface area contributed by atoms with Crippen LogP contribution in [0.5, 0.6) is 0 Å². The summed E-state index contributed by atoms with van der Waals surface area (Å²) >= 11 is 0. The van der Waals surface area contributed by atoms with Crippen molar-refractivity contribution in [2.24, 2.45) is 0 Å². The van der Waals surface area contributed by atoms with E-state index in [9.17, 15) is 0 Å². The molecule has 0 aliphatic rings. The van der Waals surface area contributed by atoms with E-state index in [0.717, 1.165) is 94.6 Å². The summed E-state index contributed by atoms with van der Waals surface area (Å²) in [4.78, 5) is 14.4. The molecule has 57 heavy (non-hydrogen) atoms. The van der Waals surface area contributed by atoms with Gasteiger partial charge in [-0.05, 0) is 94.4 Å². The van der Waals surface area contributed by atoms with Crippen LogP contribution < -0.4 is 0 Å². The van der Waals surface area contributed by atoms with Gasteiger partial charge in [0.1, 0.15) is 17.1 Å². The topological polar surface area (TPSA) is 59.6 Å². The number of nitrogens with one attached hydrogen (secondary N) is 1. The van der Waals surface area contributed by atoms with Crippen LogP contribution in [0, 0.1) is 0 Å². The van der Waals surface area contributed by atoms with Crippen LogP contribution in [-0.2, 0) is 5.41 Å². The zero-order chi connectivity index (χ0) is 38.3. The molecule has 0 amide bonds. The lowest BCUT2D eigenvalue weighted by Gasteiger charge is -2.21. The molecule has 0 aliphatic heterocycles. The Balaban J connectivity index is 1.21.